The second-order valence-corrected chi connectivity index (χ2v) is 9.26. The van der Waals surface area contributed by atoms with Gasteiger partial charge >= 0.3 is 6.18 Å². The highest BCUT2D eigenvalue weighted by Crippen LogP contribution is 2.39. The third kappa shape index (κ3) is 4.97. The predicted molar refractivity (Wildman–Crippen MR) is 131 cm³/mol. The largest absolute Gasteiger partial charge is 0.418 e. The smallest absolute Gasteiger partial charge is 0.382 e. The molecular formula is C25H18ClF5N6O2. The van der Waals surface area contributed by atoms with Crippen LogP contribution in [0.5, 0.6) is 0 Å². The fourth-order valence-corrected chi connectivity index (χ4v) is 4.64. The van der Waals surface area contributed by atoms with Crippen LogP contribution in [-0.4, -0.2) is 56.6 Å². The zero-order valence-electron chi connectivity index (χ0n) is 19.7. The number of nitrogens with two attached hydrogens (primary N) is 1. The lowest BCUT2D eigenvalue weighted by Gasteiger charge is -2.17. The third-order valence-electron chi connectivity index (χ3n) is 6.34. The zero-order valence-corrected chi connectivity index (χ0v) is 20.5. The van der Waals surface area contributed by atoms with Crippen molar-refractivity contribution >= 4 is 34.7 Å². The Labute approximate surface area is 222 Å². The summed E-state index contributed by atoms with van der Waals surface area (Å²) in [6.07, 6.45) is -5.37. The minimum atomic E-state index is -4.76. The number of benzene rings is 2. The van der Waals surface area contributed by atoms with Crippen molar-refractivity contribution in [2.45, 2.75) is 18.4 Å². The molecular weight excluding hydrogens is 547 g/mol. The molecule has 5 rings (SSSR count). The van der Waals surface area contributed by atoms with Crippen molar-refractivity contribution in [1.29, 1.82) is 0 Å². The Morgan fingerprint density at radius 1 is 1.08 bits per heavy atom. The molecule has 2 amide bonds. The maximum atomic E-state index is 14.8. The maximum absolute atomic E-state index is 14.8. The lowest BCUT2D eigenvalue weighted by Crippen LogP contribution is -2.41. The number of anilines is 1. The molecule has 1 aliphatic heterocycles. The molecule has 3 N–H and O–H groups in total. The summed E-state index contributed by atoms with van der Waals surface area (Å²) in [6.45, 7) is -0.457. The molecule has 0 aliphatic carbocycles. The molecule has 0 saturated carbocycles. The van der Waals surface area contributed by atoms with E-state index in [1.165, 1.54) is 35.2 Å². The Bertz CT molecular complexity index is 1590. The Kier molecular flexibility index (Phi) is 6.62. The van der Waals surface area contributed by atoms with E-state index < -0.39 is 47.1 Å². The molecule has 1 saturated heterocycles. The monoisotopic (exact) mass is 564 g/mol. The van der Waals surface area contributed by atoms with Gasteiger partial charge in [0.05, 0.1) is 34.4 Å². The molecule has 4 aromatic rings. The fraction of sp³-hybridized carbons (Fsp3) is 0.200. The van der Waals surface area contributed by atoms with Crippen LogP contribution in [0.25, 0.3) is 16.8 Å². The molecule has 3 heterocycles. The van der Waals surface area contributed by atoms with Crippen molar-refractivity contribution in [2.75, 3.05) is 18.8 Å². The Morgan fingerprint density at radius 2 is 1.79 bits per heavy atom. The van der Waals surface area contributed by atoms with Gasteiger partial charge in [-0.1, -0.05) is 17.7 Å². The van der Waals surface area contributed by atoms with E-state index >= 15 is 0 Å². The van der Waals surface area contributed by atoms with Gasteiger partial charge in [-0.3, -0.25) is 9.59 Å². The number of carbonyl (C=O) groups is 2. The molecule has 0 radical (unpaired) electrons. The van der Waals surface area contributed by atoms with E-state index in [2.05, 4.69) is 15.4 Å². The number of hydrogen-bond donors (Lipinski definition) is 2. The van der Waals surface area contributed by atoms with E-state index in [1.54, 1.807) is 0 Å². The molecule has 202 valence electrons. The van der Waals surface area contributed by atoms with Crippen molar-refractivity contribution in [3.63, 3.8) is 0 Å². The first-order valence-electron chi connectivity index (χ1n) is 11.4. The lowest BCUT2D eigenvalue weighted by molar-refractivity contribution is -0.136. The normalized spacial score (nSPS) is 17.5. The molecule has 2 aromatic heterocycles. The van der Waals surface area contributed by atoms with Crippen LogP contribution < -0.4 is 11.1 Å². The van der Waals surface area contributed by atoms with Crippen molar-refractivity contribution in [3.05, 3.63) is 82.4 Å². The van der Waals surface area contributed by atoms with Gasteiger partial charge in [0, 0.05) is 17.7 Å². The summed E-state index contributed by atoms with van der Waals surface area (Å²) in [5, 5.41) is 6.35. The van der Waals surface area contributed by atoms with Crippen molar-refractivity contribution in [1.82, 2.24) is 24.8 Å². The fourth-order valence-electron chi connectivity index (χ4n) is 4.44. The lowest BCUT2D eigenvalue weighted by atomic mass is 10.1. The number of nitrogen functional groups attached to an aromatic ring is 1. The second-order valence-electron chi connectivity index (χ2n) is 8.85. The van der Waals surface area contributed by atoms with Gasteiger partial charge in [-0.15, -0.1) is 0 Å². The molecule has 1 aliphatic rings. The van der Waals surface area contributed by atoms with E-state index in [0.29, 0.717) is 0 Å². The average molecular weight is 565 g/mol. The number of aromatic nitrogens is 3. The van der Waals surface area contributed by atoms with Crippen molar-refractivity contribution < 1.29 is 31.5 Å². The van der Waals surface area contributed by atoms with Crippen LogP contribution in [0.15, 0.2) is 54.9 Å². The molecule has 0 unspecified atom stereocenters. The molecule has 2 aromatic carbocycles. The highest BCUT2D eigenvalue weighted by Gasteiger charge is 2.38. The molecule has 8 nitrogen and oxygen atoms in total. The summed E-state index contributed by atoms with van der Waals surface area (Å²) in [4.78, 5) is 30.6. The zero-order chi connectivity index (χ0) is 28.1. The van der Waals surface area contributed by atoms with E-state index in [9.17, 15) is 31.5 Å². The summed E-state index contributed by atoms with van der Waals surface area (Å²) in [6, 6.07) is 8.48. The van der Waals surface area contributed by atoms with E-state index in [4.69, 9.17) is 17.3 Å². The minimum Gasteiger partial charge on any atom is -0.382 e. The van der Waals surface area contributed by atoms with Gasteiger partial charge in [0.15, 0.2) is 5.82 Å². The number of halogens is 6. The number of likely N-dealkylation sites (tertiary alicyclic amines) is 1. The number of nitrogens with zero attached hydrogens (tertiary/aromatic N) is 4. The van der Waals surface area contributed by atoms with Crippen molar-refractivity contribution in [3.8, 4) is 11.3 Å². The van der Waals surface area contributed by atoms with E-state index in [-0.39, 0.29) is 46.3 Å². The maximum Gasteiger partial charge on any atom is 0.418 e. The standard InChI is InChI=1S/C25H18ClF5N6O2/c26-17-6-3-13(20-8-16(25(29,30)31)21-22(32)33-11-34-37(20)21)7-15(17)23(38)35-19-10-36(9-18(19)28)24(39)12-1-4-14(27)5-2-12/h1-8,11,18-19H,9-10H2,(H,35,38)(H2,32,33,34)/t18-,19+/m0/s1. The van der Waals surface area contributed by atoms with Crippen molar-refractivity contribution in [2.24, 2.45) is 0 Å². The van der Waals surface area contributed by atoms with Gasteiger partial charge in [-0.25, -0.2) is 18.3 Å². The van der Waals surface area contributed by atoms with Crippen LogP contribution in [-0.2, 0) is 6.18 Å². The first-order valence-corrected chi connectivity index (χ1v) is 11.8. The number of nitrogens with one attached hydrogen (secondary N) is 1. The van der Waals surface area contributed by atoms with Gasteiger partial charge in [0.2, 0.25) is 0 Å². The van der Waals surface area contributed by atoms with Gasteiger partial charge in [-0.2, -0.15) is 18.3 Å². The van der Waals surface area contributed by atoms with Crippen LogP contribution in [0.2, 0.25) is 5.02 Å². The number of rotatable bonds is 4. The quantitative estimate of drug-likeness (QED) is 0.358. The summed E-state index contributed by atoms with van der Waals surface area (Å²) in [5.74, 6) is -2.24. The minimum absolute atomic E-state index is 0.0301. The first-order chi connectivity index (χ1) is 18.4. The van der Waals surface area contributed by atoms with Gasteiger partial charge < -0.3 is 16.0 Å². The summed E-state index contributed by atoms with van der Waals surface area (Å²) < 4.78 is 70.0. The Balaban J connectivity index is 1.40. The highest BCUT2D eigenvalue weighted by molar-refractivity contribution is 6.34. The number of alkyl halides is 4. The molecule has 0 spiro atoms. The second kappa shape index (κ2) is 9.80. The van der Waals surface area contributed by atoms with Gasteiger partial charge in [0.25, 0.3) is 11.8 Å². The topological polar surface area (TPSA) is 106 Å². The summed E-state index contributed by atoms with van der Waals surface area (Å²) in [5.41, 5.74) is 4.34. The number of fused-ring (bicyclic) bond motifs is 1. The van der Waals surface area contributed by atoms with E-state index in [0.717, 1.165) is 29.0 Å². The first kappa shape index (κ1) is 26.4. The van der Waals surface area contributed by atoms with E-state index in [1.807, 2.05) is 0 Å². The summed E-state index contributed by atoms with van der Waals surface area (Å²) >= 11 is 6.21. The molecule has 1 fully saturated rings. The Morgan fingerprint density at radius 3 is 2.49 bits per heavy atom. The summed E-state index contributed by atoms with van der Waals surface area (Å²) in [7, 11) is 0. The SMILES string of the molecule is Nc1ncnn2c(-c3ccc(Cl)c(C(=O)N[C@@H]4CN(C(=O)c5ccc(F)cc5)C[C@@H]4F)c3)cc(C(F)(F)F)c12. The number of hydrogen-bond acceptors (Lipinski definition) is 5. The van der Waals surface area contributed by atoms with Crippen LogP contribution in [0.1, 0.15) is 26.3 Å². The van der Waals surface area contributed by atoms with Gasteiger partial charge in [-0.05, 0) is 42.5 Å². The predicted octanol–water partition coefficient (Wildman–Crippen LogP) is 4.38. The molecule has 2 atom stereocenters. The van der Waals surface area contributed by atoms with Crippen LogP contribution in [0, 0.1) is 5.82 Å². The van der Waals surface area contributed by atoms with Crippen LogP contribution >= 0.6 is 11.6 Å². The highest BCUT2D eigenvalue weighted by atomic mass is 35.5. The molecule has 0 bridgehead atoms. The number of carbonyl (C=O) groups excluding carboxylic acids is 2. The van der Waals surface area contributed by atoms with Crippen LogP contribution in [0.4, 0.5) is 27.8 Å². The van der Waals surface area contributed by atoms with Crippen LogP contribution in [0.3, 0.4) is 0 Å². The Hall–Kier alpha value is -4.26. The average Bonchev–Trinajstić information content (AvgIpc) is 3.46. The van der Waals surface area contributed by atoms with Gasteiger partial charge in [0.1, 0.15) is 23.8 Å². The molecule has 14 heteroatoms. The molecule has 39 heavy (non-hydrogen) atoms. The third-order valence-corrected chi connectivity index (χ3v) is 6.67. The number of amides is 2.